The van der Waals surface area contributed by atoms with E-state index in [1.807, 2.05) is 27.7 Å². The molecule has 6 heteroatoms. The first-order valence-electron chi connectivity index (χ1n) is 10.8. The van der Waals surface area contributed by atoms with E-state index >= 15 is 0 Å². The third kappa shape index (κ3) is 3.09. The van der Waals surface area contributed by atoms with Crippen LogP contribution in [0, 0.1) is 0 Å². The van der Waals surface area contributed by atoms with Crippen LogP contribution >= 0.6 is 0 Å². The van der Waals surface area contributed by atoms with Crippen LogP contribution in [0.5, 0.6) is 0 Å². The lowest BCUT2D eigenvalue weighted by atomic mass is 9.94. The van der Waals surface area contributed by atoms with Crippen LogP contribution in [0.15, 0.2) is 18.2 Å². The van der Waals surface area contributed by atoms with Crippen molar-refractivity contribution in [2.75, 3.05) is 6.54 Å². The van der Waals surface area contributed by atoms with E-state index in [4.69, 9.17) is 0 Å². The molecule has 2 fully saturated rings. The smallest absolute Gasteiger partial charge is 0.290 e. The number of imidazole rings is 1. The molecule has 28 heavy (non-hydrogen) atoms. The predicted molar refractivity (Wildman–Crippen MR) is 107 cm³/mol. The van der Waals surface area contributed by atoms with E-state index in [2.05, 4.69) is 10.3 Å². The van der Waals surface area contributed by atoms with Gasteiger partial charge in [0.25, 0.3) is 11.8 Å². The van der Waals surface area contributed by atoms with Gasteiger partial charge in [-0.1, -0.05) is 32.1 Å². The van der Waals surface area contributed by atoms with Crippen LogP contribution in [0.3, 0.4) is 0 Å². The molecule has 5 rings (SSSR count). The van der Waals surface area contributed by atoms with Crippen LogP contribution in [0.25, 0.3) is 11.0 Å². The van der Waals surface area contributed by atoms with Gasteiger partial charge in [-0.15, -0.1) is 0 Å². The Labute approximate surface area is 165 Å². The molecule has 2 heterocycles. The van der Waals surface area contributed by atoms with Gasteiger partial charge in [-0.05, 0) is 43.9 Å². The van der Waals surface area contributed by atoms with E-state index in [0.29, 0.717) is 23.5 Å². The molecule has 0 atom stereocenters. The van der Waals surface area contributed by atoms with Crippen molar-refractivity contribution in [1.29, 1.82) is 0 Å². The average molecular weight is 380 g/mol. The number of carbonyl (C=O) groups excluding carboxylic acids is 2. The molecule has 2 amide bonds. The summed E-state index contributed by atoms with van der Waals surface area (Å²) in [6.07, 6.45) is 10.4. The molecule has 1 aliphatic heterocycles. The maximum Gasteiger partial charge on any atom is 0.290 e. The monoisotopic (exact) mass is 380 g/mol. The molecule has 2 aromatic rings. The molecule has 6 nitrogen and oxygen atoms in total. The Hall–Kier alpha value is -2.37. The molecule has 2 saturated carbocycles. The van der Waals surface area contributed by atoms with E-state index in [-0.39, 0.29) is 11.8 Å². The van der Waals surface area contributed by atoms with Crippen molar-refractivity contribution in [3.63, 3.8) is 0 Å². The van der Waals surface area contributed by atoms with Crippen LogP contribution < -0.4 is 5.32 Å². The van der Waals surface area contributed by atoms with Gasteiger partial charge < -0.3 is 14.8 Å². The third-order valence-electron chi connectivity index (χ3n) is 6.73. The lowest BCUT2D eigenvalue weighted by molar-refractivity contribution is 0.0566. The summed E-state index contributed by atoms with van der Waals surface area (Å²) < 4.78 is 2.02. The molecular weight excluding hydrogens is 352 g/mol. The highest BCUT2D eigenvalue weighted by Crippen LogP contribution is 2.28. The molecule has 0 unspecified atom stereocenters. The zero-order valence-electron chi connectivity index (χ0n) is 16.3. The molecule has 148 valence electrons. The molecule has 0 radical (unpaired) electrons. The fourth-order valence-corrected chi connectivity index (χ4v) is 5.18. The number of amides is 2. The summed E-state index contributed by atoms with van der Waals surface area (Å²) in [6, 6.07) is 6.30. The molecular formula is C22H28N4O2. The van der Waals surface area contributed by atoms with Crippen LogP contribution in [-0.2, 0) is 6.54 Å². The maximum atomic E-state index is 13.1. The minimum atomic E-state index is -0.0325. The summed E-state index contributed by atoms with van der Waals surface area (Å²) in [5.74, 6) is 0.543. The fraction of sp³-hybridized carbons (Fsp3) is 0.591. The van der Waals surface area contributed by atoms with E-state index in [0.717, 1.165) is 49.8 Å². The number of hydrogen-bond acceptors (Lipinski definition) is 3. The third-order valence-corrected chi connectivity index (χ3v) is 6.73. The van der Waals surface area contributed by atoms with Crippen molar-refractivity contribution >= 4 is 22.8 Å². The van der Waals surface area contributed by atoms with Crippen LogP contribution in [0.1, 0.15) is 78.8 Å². The summed E-state index contributed by atoms with van der Waals surface area (Å²) in [7, 11) is 0. The van der Waals surface area contributed by atoms with Crippen molar-refractivity contribution in [2.45, 2.75) is 76.4 Å². The SMILES string of the molecule is O=C(NC1CCCC1)c1ccc2c(c1)nc1n2CCN(C2CCCCC2)C1=O. The van der Waals surface area contributed by atoms with E-state index < -0.39 is 0 Å². The highest BCUT2D eigenvalue weighted by molar-refractivity contribution is 6.00. The van der Waals surface area contributed by atoms with Gasteiger partial charge in [0.2, 0.25) is 0 Å². The fourth-order valence-electron chi connectivity index (χ4n) is 5.18. The number of carbonyl (C=O) groups is 2. The van der Waals surface area contributed by atoms with E-state index in [9.17, 15) is 9.59 Å². The Morgan fingerprint density at radius 3 is 2.54 bits per heavy atom. The Balaban J connectivity index is 1.40. The van der Waals surface area contributed by atoms with Gasteiger partial charge in [0.05, 0.1) is 11.0 Å². The Bertz CT molecular complexity index is 907. The number of fused-ring (bicyclic) bond motifs is 3. The molecule has 1 aromatic heterocycles. The zero-order valence-corrected chi connectivity index (χ0v) is 16.3. The van der Waals surface area contributed by atoms with Gasteiger partial charge in [0, 0.05) is 30.7 Å². The number of nitrogens with one attached hydrogen (secondary N) is 1. The second-order valence-electron chi connectivity index (χ2n) is 8.54. The lowest BCUT2D eigenvalue weighted by Crippen LogP contribution is -2.47. The lowest BCUT2D eigenvalue weighted by Gasteiger charge is -2.36. The van der Waals surface area contributed by atoms with Crippen molar-refractivity contribution < 1.29 is 9.59 Å². The largest absolute Gasteiger partial charge is 0.349 e. The first-order valence-corrected chi connectivity index (χ1v) is 10.8. The molecule has 0 spiro atoms. The first kappa shape index (κ1) is 17.7. The van der Waals surface area contributed by atoms with E-state index in [1.165, 1.54) is 32.1 Å². The van der Waals surface area contributed by atoms with Gasteiger partial charge in [0.15, 0.2) is 5.82 Å². The van der Waals surface area contributed by atoms with Gasteiger partial charge in [-0.3, -0.25) is 9.59 Å². The second-order valence-corrected chi connectivity index (χ2v) is 8.54. The minimum Gasteiger partial charge on any atom is -0.349 e. The van der Waals surface area contributed by atoms with Gasteiger partial charge in [0.1, 0.15) is 0 Å². The number of nitrogens with zero attached hydrogens (tertiary/aromatic N) is 3. The summed E-state index contributed by atoms with van der Waals surface area (Å²) >= 11 is 0. The second kappa shape index (κ2) is 7.22. The highest BCUT2D eigenvalue weighted by atomic mass is 16.2. The summed E-state index contributed by atoms with van der Waals surface area (Å²) in [5.41, 5.74) is 2.32. The maximum absolute atomic E-state index is 13.1. The Kier molecular flexibility index (Phi) is 4.57. The minimum absolute atomic E-state index is 0.0325. The number of rotatable bonds is 3. The summed E-state index contributed by atoms with van der Waals surface area (Å²) in [6.45, 7) is 1.54. The molecule has 0 bridgehead atoms. The normalized spacial score (nSPS) is 21.3. The quantitative estimate of drug-likeness (QED) is 0.886. The van der Waals surface area contributed by atoms with Crippen molar-refractivity contribution in [3.05, 3.63) is 29.6 Å². The van der Waals surface area contributed by atoms with Gasteiger partial charge in [-0.25, -0.2) is 4.98 Å². The summed E-state index contributed by atoms with van der Waals surface area (Å²) in [5, 5.41) is 3.13. The Morgan fingerprint density at radius 2 is 1.75 bits per heavy atom. The average Bonchev–Trinajstić information content (AvgIpc) is 3.36. The van der Waals surface area contributed by atoms with Gasteiger partial charge >= 0.3 is 0 Å². The Morgan fingerprint density at radius 1 is 1.00 bits per heavy atom. The first-order chi connectivity index (χ1) is 13.7. The highest BCUT2D eigenvalue weighted by Gasteiger charge is 2.33. The summed E-state index contributed by atoms with van der Waals surface area (Å²) in [4.78, 5) is 32.4. The molecule has 0 saturated heterocycles. The molecule has 1 N–H and O–H groups in total. The topological polar surface area (TPSA) is 67.2 Å². The molecule has 2 aliphatic carbocycles. The zero-order chi connectivity index (χ0) is 19.1. The predicted octanol–water partition coefficient (Wildman–Crippen LogP) is 3.50. The number of hydrogen-bond donors (Lipinski definition) is 1. The van der Waals surface area contributed by atoms with Crippen molar-refractivity contribution in [1.82, 2.24) is 19.8 Å². The van der Waals surface area contributed by atoms with Crippen molar-refractivity contribution in [3.8, 4) is 0 Å². The van der Waals surface area contributed by atoms with Gasteiger partial charge in [-0.2, -0.15) is 0 Å². The van der Waals surface area contributed by atoms with Crippen LogP contribution in [0.2, 0.25) is 0 Å². The van der Waals surface area contributed by atoms with Crippen molar-refractivity contribution in [2.24, 2.45) is 0 Å². The number of benzene rings is 1. The van der Waals surface area contributed by atoms with Crippen LogP contribution in [-0.4, -0.2) is 44.9 Å². The van der Waals surface area contributed by atoms with E-state index in [1.54, 1.807) is 0 Å². The van der Waals surface area contributed by atoms with Crippen LogP contribution in [0.4, 0.5) is 0 Å². The standard InChI is InChI=1S/C22H28N4O2/c27-21(23-16-6-4-5-7-16)15-10-11-19-18(14-15)24-20-22(28)25(12-13-26(19)20)17-8-2-1-3-9-17/h10-11,14,16-17H,1-9,12-13H2,(H,23,27). The molecule has 3 aliphatic rings. The number of aromatic nitrogens is 2. The molecule has 1 aromatic carbocycles.